The van der Waals surface area contributed by atoms with Crippen LogP contribution in [-0.4, -0.2) is 41.4 Å². The fourth-order valence-electron chi connectivity index (χ4n) is 2.67. The smallest absolute Gasteiger partial charge is 0.339 e. The number of ether oxygens (including phenoxy) is 1. The van der Waals surface area contributed by atoms with Gasteiger partial charge in [-0.25, -0.2) is 4.79 Å². The molecule has 0 aliphatic heterocycles. The molecule has 0 aliphatic carbocycles. The molecule has 30 heavy (non-hydrogen) atoms. The molecule has 0 radical (unpaired) electrons. The Hall–Kier alpha value is -3.93. The van der Waals surface area contributed by atoms with Crippen LogP contribution in [0.2, 0.25) is 0 Å². The third kappa shape index (κ3) is 6.04. The van der Waals surface area contributed by atoms with Gasteiger partial charge in [0.05, 0.1) is 23.0 Å². The minimum Gasteiger partial charge on any atom is -0.449 e. The minimum atomic E-state index is -1.09. The van der Waals surface area contributed by atoms with E-state index in [0.29, 0.717) is 6.54 Å². The maximum absolute atomic E-state index is 12.4. The SMILES string of the molecule is C[C@H](OC(=O)c1ccc(NCc2ccccc2)c([N+](=O)[O-])c1)C(=O)N(C)CCC#N. The molecule has 0 saturated heterocycles. The molecule has 9 nitrogen and oxygen atoms in total. The summed E-state index contributed by atoms with van der Waals surface area (Å²) in [6.45, 7) is 2.00. The number of hydrogen-bond donors (Lipinski definition) is 1. The van der Waals surface area contributed by atoms with Crippen molar-refractivity contribution in [3.8, 4) is 6.07 Å². The number of nitro benzene ring substituents is 1. The Kier molecular flexibility index (Phi) is 7.88. The number of carbonyl (C=O) groups excluding carboxylic acids is 2. The number of likely N-dealkylation sites (N-methyl/N-ethyl adjacent to an activating group) is 1. The molecule has 0 aromatic heterocycles. The van der Waals surface area contributed by atoms with Gasteiger partial charge in [-0.2, -0.15) is 5.26 Å². The van der Waals surface area contributed by atoms with Crippen LogP contribution in [0.4, 0.5) is 11.4 Å². The highest BCUT2D eigenvalue weighted by molar-refractivity contribution is 5.93. The molecule has 0 heterocycles. The van der Waals surface area contributed by atoms with Crippen LogP contribution >= 0.6 is 0 Å². The zero-order chi connectivity index (χ0) is 22.1. The normalized spacial score (nSPS) is 11.1. The van der Waals surface area contributed by atoms with Crippen LogP contribution in [0.1, 0.15) is 29.3 Å². The Morgan fingerprint density at radius 2 is 1.97 bits per heavy atom. The highest BCUT2D eigenvalue weighted by atomic mass is 16.6. The molecular formula is C21H22N4O5. The third-order valence-corrected chi connectivity index (χ3v) is 4.32. The van der Waals surface area contributed by atoms with Crippen molar-refractivity contribution in [3.05, 3.63) is 69.8 Å². The fraction of sp³-hybridized carbons (Fsp3) is 0.286. The summed E-state index contributed by atoms with van der Waals surface area (Å²) in [6, 6.07) is 15.3. The van der Waals surface area contributed by atoms with Gasteiger partial charge in [-0.3, -0.25) is 14.9 Å². The molecule has 1 atom stereocenters. The number of benzene rings is 2. The van der Waals surface area contributed by atoms with Gasteiger partial charge in [0.2, 0.25) is 0 Å². The zero-order valence-corrected chi connectivity index (χ0v) is 16.7. The van der Waals surface area contributed by atoms with E-state index in [1.807, 2.05) is 36.4 Å². The topological polar surface area (TPSA) is 126 Å². The second kappa shape index (κ2) is 10.6. The van der Waals surface area contributed by atoms with E-state index in [-0.39, 0.29) is 29.9 Å². The van der Waals surface area contributed by atoms with E-state index >= 15 is 0 Å². The summed E-state index contributed by atoms with van der Waals surface area (Å²) >= 11 is 0. The first-order valence-electron chi connectivity index (χ1n) is 9.22. The van der Waals surface area contributed by atoms with E-state index in [2.05, 4.69) is 5.32 Å². The molecule has 1 amide bonds. The number of carbonyl (C=O) groups is 2. The van der Waals surface area contributed by atoms with Crippen LogP contribution in [0.25, 0.3) is 0 Å². The maximum Gasteiger partial charge on any atom is 0.339 e. The first-order chi connectivity index (χ1) is 14.3. The van der Waals surface area contributed by atoms with E-state index < -0.39 is 22.9 Å². The number of nitro groups is 1. The van der Waals surface area contributed by atoms with E-state index in [1.54, 1.807) is 0 Å². The number of amides is 1. The van der Waals surface area contributed by atoms with Crippen LogP contribution in [-0.2, 0) is 16.1 Å². The van der Waals surface area contributed by atoms with Crippen molar-refractivity contribution in [2.45, 2.75) is 26.0 Å². The number of nitrogens with zero attached hydrogens (tertiary/aromatic N) is 3. The van der Waals surface area contributed by atoms with Crippen LogP contribution in [0.5, 0.6) is 0 Å². The van der Waals surface area contributed by atoms with Crippen LogP contribution in [0, 0.1) is 21.4 Å². The van der Waals surface area contributed by atoms with Gasteiger partial charge in [0.15, 0.2) is 6.10 Å². The highest BCUT2D eigenvalue weighted by Gasteiger charge is 2.24. The second-order valence-corrected chi connectivity index (χ2v) is 6.54. The lowest BCUT2D eigenvalue weighted by molar-refractivity contribution is -0.384. The molecule has 0 bridgehead atoms. The molecule has 2 aromatic rings. The maximum atomic E-state index is 12.4. The van der Waals surface area contributed by atoms with Gasteiger partial charge in [-0.15, -0.1) is 0 Å². The Balaban J connectivity index is 2.09. The van der Waals surface area contributed by atoms with Crippen molar-refractivity contribution in [3.63, 3.8) is 0 Å². The molecule has 0 saturated carbocycles. The van der Waals surface area contributed by atoms with Gasteiger partial charge < -0.3 is 15.0 Å². The predicted molar refractivity (Wildman–Crippen MR) is 110 cm³/mol. The lowest BCUT2D eigenvalue weighted by atomic mass is 10.1. The molecule has 0 aliphatic rings. The summed E-state index contributed by atoms with van der Waals surface area (Å²) in [6.07, 6.45) is -0.928. The molecule has 156 valence electrons. The summed E-state index contributed by atoms with van der Waals surface area (Å²) in [7, 11) is 1.50. The zero-order valence-electron chi connectivity index (χ0n) is 16.7. The molecule has 0 fully saturated rings. The first kappa shape index (κ1) is 22.4. The van der Waals surface area contributed by atoms with Crippen molar-refractivity contribution < 1.29 is 19.2 Å². The van der Waals surface area contributed by atoms with E-state index in [0.717, 1.165) is 11.6 Å². The highest BCUT2D eigenvalue weighted by Crippen LogP contribution is 2.26. The van der Waals surface area contributed by atoms with Crippen LogP contribution in [0.15, 0.2) is 48.5 Å². The predicted octanol–water partition coefficient (Wildman–Crippen LogP) is 3.12. The average molecular weight is 410 g/mol. The lowest BCUT2D eigenvalue weighted by Gasteiger charge is -2.20. The number of anilines is 1. The monoisotopic (exact) mass is 410 g/mol. The molecular weight excluding hydrogens is 388 g/mol. The van der Waals surface area contributed by atoms with E-state index in [9.17, 15) is 19.7 Å². The average Bonchev–Trinajstić information content (AvgIpc) is 2.75. The Bertz CT molecular complexity index is 956. The molecule has 9 heteroatoms. The summed E-state index contributed by atoms with van der Waals surface area (Å²) in [4.78, 5) is 36.7. The molecule has 1 N–H and O–H groups in total. The number of hydrogen-bond acceptors (Lipinski definition) is 7. The van der Waals surface area contributed by atoms with Crippen molar-refractivity contribution in [1.82, 2.24) is 4.90 Å². The van der Waals surface area contributed by atoms with E-state index in [4.69, 9.17) is 10.00 Å². The molecule has 2 aromatic carbocycles. The minimum absolute atomic E-state index is 0.0358. The molecule has 0 unspecified atom stereocenters. The van der Waals surface area contributed by atoms with Gasteiger partial charge >= 0.3 is 5.97 Å². The first-order valence-corrected chi connectivity index (χ1v) is 9.22. The van der Waals surface area contributed by atoms with Crippen molar-refractivity contribution in [1.29, 1.82) is 5.26 Å². The van der Waals surface area contributed by atoms with Gasteiger partial charge in [-0.05, 0) is 24.6 Å². The summed E-state index contributed by atoms with van der Waals surface area (Å²) in [5.41, 5.74) is 0.903. The summed E-state index contributed by atoms with van der Waals surface area (Å²) < 4.78 is 5.15. The summed E-state index contributed by atoms with van der Waals surface area (Å²) in [5.74, 6) is -1.31. The Labute approximate surface area is 174 Å². The van der Waals surface area contributed by atoms with Gasteiger partial charge in [-0.1, -0.05) is 30.3 Å². The van der Waals surface area contributed by atoms with Crippen molar-refractivity contribution in [2.75, 3.05) is 18.9 Å². The lowest BCUT2D eigenvalue weighted by Crippen LogP contribution is -2.37. The summed E-state index contributed by atoms with van der Waals surface area (Å²) in [5, 5.41) is 23.0. The quantitative estimate of drug-likeness (QED) is 0.382. The number of nitriles is 1. The number of nitrogens with one attached hydrogen (secondary N) is 1. The fourth-order valence-corrected chi connectivity index (χ4v) is 2.67. The largest absolute Gasteiger partial charge is 0.449 e. The third-order valence-electron chi connectivity index (χ3n) is 4.32. The van der Waals surface area contributed by atoms with Crippen molar-refractivity contribution in [2.24, 2.45) is 0 Å². The van der Waals surface area contributed by atoms with Gasteiger partial charge in [0, 0.05) is 26.2 Å². The number of esters is 1. The van der Waals surface area contributed by atoms with Crippen LogP contribution < -0.4 is 5.32 Å². The van der Waals surface area contributed by atoms with Gasteiger partial charge in [0.25, 0.3) is 11.6 Å². The Morgan fingerprint density at radius 3 is 2.60 bits per heavy atom. The molecule has 2 rings (SSSR count). The van der Waals surface area contributed by atoms with Crippen molar-refractivity contribution >= 4 is 23.3 Å². The van der Waals surface area contributed by atoms with Gasteiger partial charge in [0.1, 0.15) is 5.69 Å². The second-order valence-electron chi connectivity index (χ2n) is 6.54. The number of rotatable bonds is 9. The molecule has 0 spiro atoms. The Morgan fingerprint density at radius 1 is 1.27 bits per heavy atom. The van der Waals surface area contributed by atoms with Crippen LogP contribution in [0.3, 0.4) is 0 Å². The standard InChI is InChI=1S/C21H22N4O5/c1-15(20(26)24(2)12-6-11-22)30-21(27)17-9-10-18(19(13-17)25(28)29)23-14-16-7-4-3-5-8-16/h3-5,7-10,13,15,23H,6,12,14H2,1-2H3/t15-/m0/s1. The van der Waals surface area contributed by atoms with E-state index in [1.165, 1.54) is 31.0 Å².